The number of anilines is 3. The number of piperazine rings is 1. The van der Waals surface area contributed by atoms with Crippen molar-refractivity contribution in [3.05, 3.63) is 78.5 Å². The monoisotopic (exact) mass is 570 g/mol. The summed E-state index contributed by atoms with van der Waals surface area (Å²) >= 11 is 12.8. The molecule has 2 heterocycles. The van der Waals surface area contributed by atoms with Crippen molar-refractivity contribution in [1.29, 1.82) is 0 Å². The van der Waals surface area contributed by atoms with Crippen molar-refractivity contribution in [2.75, 3.05) is 50.1 Å². The van der Waals surface area contributed by atoms with Gasteiger partial charge in [0, 0.05) is 49.0 Å². The predicted octanol–water partition coefficient (Wildman–Crippen LogP) is 5.30. The van der Waals surface area contributed by atoms with Gasteiger partial charge in [0.05, 0.1) is 17.8 Å². The third kappa shape index (κ3) is 6.12. The number of benzene rings is 2. The first kappa shape index (κ1) is 28.0. The molecule has 0 amide bonds. The zero-order valence-corrected chi connectivity index (χ0v) is 24.1. The highest BCUT2D eigenvalue weighted by Gasteiger charge is 2.34. The van der Waals surface area contributed by atoms with Crippen LogP contribution in [0.4, 0.5) is 17.1 Å². The van der Waals surface area contributed by atoms with Crippen molar-refractivity contribution >= 4 is 40.3 Å². The van der Waals surface area contributed by atoms with Crippen molar-refractivity contribution in [2.24, 2.45) is 0 Å². The molecule has 3 aromatic carbocycles. The maximum absolute atomic E-state index is 11.9. The van der Waals surface area contributed by atoms with E-state index in [1.165, 1.54) is 25.5 Å². The quantitative estimate of drug-likeness (QED) is 0.350. The highest BCUT2D eigenvalue weighted by molar-refractivity contribution is 6.33. The lowest BCUT2D eigenvalue weighted by Gasteiger charge is -2.48. The first-order valence-electron chi connectivity index (χ1n) is 13.8. The second kappa shape index (κ2) is 12.3. The largest absolute Gasteiger partial charge is 0.491 e. The van der Waals surface area contributed by atoms with E-state index in [1.807, 2.05) is 30.3 Å². The zero-order chi connectivity index (χ0) is 27.5. The maximum Gasteiger partial charge on any atom is 0.272 e. The van der Waals surface area contributed by atoms with Gasteiger partial charge in [0.2, 0.25) is 0 Å². The molecule has 0 bridgehead atoms. The van der Waals surface area contributed by atoms with Crippen molar-refractivity contribution in [3.63, 3.8) is 0 Å². The van der Waals surface area contributed by atoms with Crippen LogP contribution in [-0.2, 0) is 6.54 Å². The molecule has 2 saturated heterocycles. The molecule has 7 nitrogen and oxygen atoms in total. The van der Waals surface area contributed by atoms with Gasteiger partial charge in [0.15, 0.2) is 5.75 Å². The minimum Gasteiger partial charge on any atom is -0.491 e. The van der Waals surface area contributed by atoms with Crippen molar-refractivity contribution in [2.45, 2.75) is 51.2 Å². The van der Waals surface area contributed by atoms with Gasteiger partial charge < -0.3 is 15.0 Å². The van der Waals surface area contributed by atoms with Crippen molar-refractivity contribution < 1.29 is 4.74 Å². The molecule has 2 aliphatic heterocycles. The Hall–Kier alpha value is -2.58. The summed E-state index contributed by atoms with van der Waals surface area (Å²) in [5, 5.41) is 4.40. The topological polar surface area (TPSA) is 65.1 Å². The number of nitrogens with zero attached hydrogens (tertiary/aromatic N) is 3. The summed E-state index contributed by atoms with van der Waals surface area (Å²) in [6.07, 6.45) is 4.68. The third-order valence-electron chi connectivity index (χ3n) is 8.12. The van der Waals surface area contributed by atoms with Gasteiger partial charge in [-0.1, -0.05) is 48.7 Å². The normalized spacial score (nSPS) is 19.5. The van der Waals surface area contributed by atoms with Gasteiger partial charge in [0.25, 0.3) is 10.9 Å². The lowest BCUT2D eigenvalue weighted by molar-refractivity contribution is 0.0591. The summed E-state index contributed by atoms with van der Waals surface area (Å²) in [6, 6.07) is 15.0. The second-order valence-corrected chi connectivity index (χ2v) is 11.5. The minimum atomic E-state index is -0.602. The summed E-state index contributed by atoms with van der Waals surface area (Å²) in [5.74, 6) is 0.0644. The van der Waals surface area contributed by atoms with E-state index < -0.39 is 10.9 Å². The summed E-state index contributed by atoms with van der Waals surface area (Å²) in [7, 11) is 1.38. The van der Waals surface area contributed by atoms with Crippen LogP contribution < -0.4 is 25.8 Å². The summed E-state index contributed by atoms with van der Waals surface area (Å²) in [6.45, 7) is 8.34. The molecule has 2 aliphatic rings. The number of rotatable bonds is 9. The molecule has 0 aliphatic carbocycles. The molecule has 1 atom stereocenters. The van der Waals surface area contributed by atoms with Crippen LogP contribution >= 0.6 is 23.2 Å². The Morgan fingerprint density at radius 1 is 0.974 bits per heavy atom. The van der Waals surface area contributed by atoms with Gasteiger partial charge in [0.1, 0.15) is 5.69 Å². The number of nitrogens with one attached hydrogen (secondary N) is 1. The molecule has 9 heteroatoms. The van der Waals surface area contributed by atoms with Gasteiger partial charge in [-0.15, -0.1) is 0 Å². The lowest BCUT2D eigenvalue weighted by atomic mass is 9.96. The van der Waals surface area contributed by atoms with Crippen LogP contribution in [0.25, 0.3) is 0 Å². The van der Waals surface area contributed by atoms with E-state index in [0.717, 1.165) is 62.8 Å². The fourth-order valence-corrected chi connectivity index (χ4v) is 6.51. The molecule has 3 aromatic rings. The van der Waals surface area contributed by atoms with E-state index in [9.17, 15) is 9.59 Å². The smallest absolute Gasteiger partial charge is 0.272 e. The Morgan fingerprint density at radius 2 is 1.72 bits per heavy atom. The molecule has 0 radical (unpaired) electrons. The Labute approximate surface area is 239 Å². The van der Waals surface area contributed by atoms with Gasteiger partial charge in [-0.2, -0.15) is 0 Å². The Morgan fingerprint density at radius 3 is 2.38 bits per heavy atom. The molecule has 0 unspecified atom stereocenters. The zero-order valence-electron chi connectivity index (χ0n) is 22.6. The number of piperidine rings is 1. The van der Waals surface area contributed by atoms with Gasteiger partial charge in [-0.3, -0.25) is 19.4 Å². The molecule has 0 spiro atoms. The number of hydrogen-bond acceptors (Lipinski definition) is 7. The Kier molecular flexibility index (Phi) is 8.82. The van der Waals surface area contributed by atoms with Crippen LogP contribution in [0.15, 0.2) is 52.1 Å². The molecule has 208 valence electrons. The summed E-state index contributed by atoms with van der Waals surface area (Å²) in [5.41, 5.74) is 1.98. The number of hydrogen-bond donors (Lipinski definition) is 1. The second-order valence-electron chi connectivity index (χ2n) is 10.6. The van der Waals surface area contributed by atoms with Crippen molar-refractivity contribution in [1.82, 2.24) is 9.80 Å². The van der Waals surface area contributed by atoms with E-state index in [-0.39, 0.29) is 11.4 Å². The molecule has 5 rings (SSSR count). The highest BCUT2D eigenvalue weighted by Crippen LogP contribution is 2.34. The van der Waals surface area contributed by atoms with Gasteiger partial charge >= 0.3 is 0 Å². The molecular weight excluding hydrogens is 535 g/mol. The molecule has 39 heavy (non-hydrogen) atoms. The van der Waals surface area contributed by atoms with E-state index in [2.05, 4.69) is 39.1 Å². The number of likely N-dealkylation sites (tertiary alicyclic amines) is 1. The number of ether oxygens (including phenoxy) is 1. The fourth-order valence-electron chi connectivity index (χ4n) is 6.08. The number of halogens is 2. The predicted molar refractivity (Wildman–Crippen MR) is 160 cm³/mol. The molecule has 0 saturated carbocycles. The van der Waals surface area contributed by atoms with Crippen LogP contribution in [0.5, 0.6) is 5.75 Å². The summed E-state index contributed by atoms with van der Waals surface area (Å²) < 4.78 is 5.03. The SMILES string of the molecule is CCC[C@H]1CN(c2ccc(Nc3c(OC)c(=O)c3=O)cc2Cl)CCN1C1CCN(Cc2ccc(Cl)cc2)CC1. The third-order valence-corrected chi connectivity index (χ3v) is 8.68. The molecule has 0 aromatic heterocycles. The molecule has 2 fully saturated rings. The van der Waals surface area contributed by atoms with Crippen LogP contribution in [0, 0.1) is 0 Å². The van der Waals surface area contributed by atoms with Crippen molar-refractivity contribution in [3.8, 4) is 5.75 Å². The Bertz CT molecular complexity index is 1350. The average Bonchev–Trinajstić information content (AvgIpc) is 2.95. The number of methoxy groups -OCH3 is 1. The van der Waals surface area contributed by atoms with Crippen LogP contribution in [0.1, 0.15) is 38.2 Å². The first-order chi connectivity index (χ1) is 18.9. The molecular formula is C30H36Cl2N4O3. The van der Waals surface area contributed by atoms with E-state index in [1.54, 1.807) is 0 Å². The fraction of sp³-hybridized carbons (Fsp3) is 0.467. The Balaban J connectivity index is 1.20. The van der Waals surface area contributed by atoms with Crippen LogP contribution in [0.3, 0.4) is 0 Å². The van der Waals surface area contributed by atoms with E-state index >= 15 is 0 Å². The molecule has 1 N–H and O–H groups in total. The van der Waals surface area contributed by atoms with E-state index in [4.69, 9.17) is 27.9 Å². The summed E-state index contributed by atoms with van der Waals surface area (Å²) in [4.78, 5) is 31.2. The minimum absolute atomic E-state index is 0.0644. The highest BCUT2D eigenvalue weighted by atomic mass is 35.5. The standard InChI is InChI=1S/C30H36Cl2N4O3/c1-3-4-24-19-35(26-10-9-22(17-25(26)32)33-27-28(37)29(38)30(27)39-2)15-16-36(24)23-11-13-34(14-12-23)18-20-5-7-21(31)8-6-20/h5-10,17,23-24,33H,3-4,11-16,18-19H2,1-2H3/t24-/m0/s1. The maximum atomic E-state index is 11.9. The first-order valence-corrected chi connectivity index (χ1v) is 14.5. The van der Waals surface area contributed by atoms with Gasteiger partial charge in [-0.05, 0) is 68.2 Å². The van der Waals surface area contributed by atoms with Crippen LogP contribution in [-0.4, -0.2) is 61.7 Å². The van der Waals surface area contributed by atoms with Crippen LogP contribution in [0.2, 0.25) is 10.0 Å². The lowest BCUT2D eigenvalue weighted by Crippen LogP contribution is -2.58. The average molecular weight is 572 g/mol. The van der Waals surface area contributed by atoms with Gasteiger partial charge in [-0.25, -0.2) is 0 Å². The van der Waals surface area contributed by atoms with E-state index in [0.29, 0.717) is 22.8 Å².